The molecule has 2 aromatic carbocycles. The first-order chi connectivity index (χ1) is 10.6. The zero-order valence-electron chi connectivity index (χ0n) is 12.1. The van der Waals surface area contributed by atoms with E-state index in [1.54, 1.807) is 44.5 Å². The van der Waals surface area contributed by atoms with Crippen LogP contribution in [0.5, 0.6) is 5.75 Å². The molecule has 3 aromatic rings. The number of benzene rings is 2. The maximum Gasteiger partial charge on any atom is 0.270 e. The van der Waals surface area contributed by atoms with Crippen molar-refractivity contribution in [2.24, 2.45) is 0 Å². The number of nitrogens with zero attached hydrogens (tertiary/aromatic N) is 2. The van der Waals surface area contributed by atoms with E-state index < -0.39 is 0 Å². The molecule has 1 aromatic heterocycles. The molecule has 5 nitrogen and oxygen atoms in total. The summed E-state index contributed by atoms with van der Waals surface area (Å²) in [6.45, 7) is 0. The van der Waals surface area contributed by atoms with Gasteiger partial charge in [0.1, 0.15) is 17.3 Å². The highest BCUT2D eigenvalue weighted by Crippen LogP contribution is 2.26. The molecule has 112 valence electrons. The van der Waals surface area contributed by atoms with E-state index in [2.05, 4.69) is 10.4 Å². The van der Waals surface area contributed by atoms with Crippen LogP contribution in [0.2, 0.25) is 0 Å². The van der Waals surface area contributed by atoms with E-state index in [0.717, 1.165) is 0 Å². The minimum Gasteiger partial charge on any atom is -0.497 e. The van der Waals surface area contributed by atoms with Crippen molar-refractivity contribution in [1.29, 1.82) is 0 Å². The number of rotatable bonds is 3. The van der Waals surface area contributed by atoms with Gasteiger partial charge in [-0.05, 0) is 42.5 Å². The van der Waals surface area contributed by atoms with Crippen LogP contribution in [0.15, 0.2) is 42.5 Å². The van der Waals surface area contributed by atoms with E-state index in [0.29, 0.717) is 28.0 Å². The molecule has 0 fully saturated rings. The van der Waals surface area contributed by atoms with Crippen molar-refractivity contribution in [3.8, 4) is 11.4 Å². The van der Waals surface area contributed by atoms with Crippen molar-refractivity contribution < 1.29 is 13.9 Å². The highest BCUT2D eigenvalue weighted by atomic mass is 19.1. The van der Waals surface area contributed by atoms with Gasteiger partial charge in [-0.2, -0.15) is 5.10 Å². The summed E-state index contributed by atoms with van der Waals surface area (Å²) in [7, 11) is 3.11. The third-order valence-corrected chi connectivity index (χ3v) is 3.39. The summed E-state index contributed by atoms with van der Waals surface area (Å²) in [5, 5.41) is 7.71. The molecule has 1 heterocycles. The molecule has 0 saturated heterocycles. The van der Waals surface area contributed by atoms with E-state index in [1.165, 1.54) is 16.8 Å². The Hall–Kier alpha value is -2.89. The van der Waals surface area contributed by atoms with Crippen LogP contribution in [-0.4, -0.2) is 29.8 Å². The Morgan fingerprint density at radius 3 is 2.59 bits per heavy atom. The topological polar surface area (TPSA) is 56.1 Å². The molecule has 3 rings (SSSR count). The van der Waals surface area contributed by atoms with Gasteiger partial charge < -0.3 is 10.1 Å². The molecule has 0 saturated carbocycles. The van der Waals surface area contributed by atoms with Gasteiger partial charge >= 0.3 is 0 Å². The fourth-order valence-electron chi connectivity index (χ4n) is 2.30. The molecule has 0 radical (unpaired) electrons. The van der Waals surface area contributed by atoms with Crippen molar-refractivity contribution in [2.45, 2.75) is 0 Å². The molecule has 0 spiro atoms. The lowest BCUT2D eigenvalue weighted by atomic mass is 10.2. The van der Waals surface area contributed by atoms with Crippen LogP contribution < -0.4 is 10.1 Å². The number of hydrogen-bond acceptors (Lipinski definition) is 3. The second-order valence-electron chi connectivity index (χ2n) is 4.70. The van der Waals surface area contributed by atoms with Crippen LogP contribution in [0.1, 0.15) is 10.5 Å². The molecule has 0 aliphatic rings. The average Bonchev–Trinajstić information content (AvgIpc) is 2.93. The minimum atomic E-state index is -0.344. The Morgan fingerprint density at radius 1 is 1.23 bits per heavy atom. The largest absolute Gasteiger partial charge is 0.497 e. The minimum absolute atomic E-state index is 0.278. The van der Waals surface area contributed by atoms with Gasteiger partial charge in [0.15, 0.2) is 0 Å². The average molecular weight is 299 g/mol. The van der Waals surface area contributed by atoms with Gasteiger partial charge in [-0.15, -0.1) is 0 Å². The molecule has 0 unspecified atom stereocenters. The van der Waals surface area contributed by atoms with E-state index >= 15 is 0 Å². The zero-order chi connectivity index (χ0) is 15.7. The summed E-state index contributed by atoms with van der Waals surface area (Å²) in [5.41, 5.74) is 1.64. The molecule has 0 aliphatic carbocycles. The number of hydrogen-bond donors (Lipinski definition) is 1. The number of carbonyl (C=O) groups is 1. The summed E-state index contributed by atoms with van der Waals surface area (Å²) in [6, 6.07) is 11.1. The van der Waals surface area contributed by atoms with E-state index in [9.17, 15) is 9.18 Å². The Morgan fingerprint density at radius 2 is 1.95 bits per heavy atom. The van der Waals surface area contributed by atoms with Gasteiger partial charge in [-0.25, -0.2) is 9.07 Å². The molecular weight excluding hydrogens is 285 g/mol. The quantitative estimate of drug-likeness (QED) is 0.808. The van der Waals surface area contributed by atoms with Gasteiger partial charge in [-0.3, -0.25) is 4.79 Å². The molecule has 22 heavy (non-hydrogen) atoms. The van der Waals surface area contributed by atoms with Crippen LogP contribution in [-0.2, 0) is 0 Å². The monoisotopic (exact) mass is 299 g/mol. The Kier molecular flexibility index (Phi) is 3.50. The van der Waals surface area contributed by atoms with E-state index in [4.69, 9.17) is 4.74 Å². The number of methoxy groups -OCH3 is 1. The number of carbonyl (C=O) groups excluding carboxylic acids is 1. The molecular formula is C16H14FN3O2. The van der Waals surface area contributed by atoms with Gasteiger partial charge in [0.05, 0.1) is 18.3 Å². The maximum atomic E-state index is 13.1. The normalized spacial score (nSPS) is 10.7. The SMILES string of the molecule is CNC(=O)c1c2cc(OC)ccc2nn1-c1ccc(F)cc1. The summed E-state index contributed by atoms with van der Waals surface area (Å²) >= 11 is 0. The number of amides is 1. The number of ether oxygens (including phenoxy) is 1. The summed E-state index contributed by atoms with van der Waals surface area (Å²) in [4.78, 5) is 12.3. The first kappa shape index (κ1) is 14.1. The first-order valence-electron chi connectivity index (χ1n) is 6.69. The molecule has 0 aliphatic heterocycles. The number of nitrogens with one attached hydrogen (secondary N) is 1. The highest BCUT2D eigenvalue weighted by Gasteiger charge is 2.19. The van der Waals surface area contributed by atoms with Crippen molar-refractivity contribution in [3.05, 3.63) is 54.0 Å². The maximum absolute atomic E-state index is 13.1. The lowest BCUT2D eigenvalue weighted by molar-refractivity contribution is 0.0957. The van der Waals surface area contributed by atoms with Gasteiger partial charge in [0.25, 0.3) is 5.91 Å². The van der Waals surface area contributed by atoms with Crippen LogP contribution in [0.4, 0.5) is 4.39 Å². The Labute approximate surface area is 126 Å². The molecule has 1 amide bonds. The third-order valence-electron chi connectivity index (χ3n) is 3.39. The smallest absolute Gasteiger partial charge is 0.270 e. The molecule has 1 N–H and O–H groups in total. The summed E-state index contributed by atoms with van der Waals surface area (Å²) in [5.74, 6) is 0.0139. The second kappa shape index (κ2) is 5.48. The highest BCUT2D eigenvalue weighted by molar-refractivity contribution is 6.05. The standard InChI is InChI=1S/C16H14FN3O2/c1-18-16(21)15-13-9-12(22-2)7-8-14(13)19-20(15)11-5-3-10(17)4-6-11/h3-9H,1-2H3,(H,18,21). The number of fused-ring (bicyclic) bond motifs is 1. The van der Waals surface area contributed by atoms with E-state index in [-0.39, 0.29) is 11.7 Å². The van der Waals surface area contributed by atoms with Crippen LogP contribution in [0.3, 0.4) is 0 Å². The Bertz CT molecular complexity index is 840. The molecule has 0 atom stereocenters. The van der Waals surface area contributed by atoms with Gasteiger partial charge in [0, 0.05) is 12.4 Å². The van der Waals surface area contributed by atoms with Crippen molar-refractivity contribution in [1.82, 2.24) is 15.1 Å². The first-order valence-corrected chi connectivity index (χ1v) is 6.69. The lowest BCUT2D eigenvalue weighted by Gasteiger charge is -2.06. The molecule has 0 bridgehead atoms. The summed E-state index contributed by atoms with van der Waals surface area (Å²) in [6.07, 6.45) is 0. The van der Waals surface area contributed by atoms with Crippen molar-refractivity contribution >= 4 is 16.8 Å². The van der Waals surface area contributed by atoms with Gasteiger partial charge in [0.2, 0.25) is 0 Å². The lowest BCUT2D eigenvalue weighted by Crippen LogP contribution is -2.21. The Balaban J connectivity index is 2.28. The predicted molar refractivity (Wildman–Crippen MR) is 81.0 cm³/mol. The number of aromatic nitrogens is 2. The van der Waals surface area contributed by atoms with Crippen LogP contribution >= 0.6 is 0 Å². The van der Waals surface area contributed by atoms with Crippen molar-refractivity contribution in [3.63, 3.8) is 0 Å². The van der Waals surface area contributed by atoms with Crippen LogP contribution in [0, 0.1) is 5.82 Å². The summed E-state index contributed by atoms with van der Waals surface area (Å²) < 4.78 is 19.8. The van der Waals surface area contributed by atoms with Crippen molar-refractivity contribution in [2.75, 3.05) is 14.2 Å². The van der Waals surface area contributed by atoms with Crippen LogP contribution in [0.25, 0.3) is 16.6 Å². The third kappa shape index (κ3) is 2.28. The van der Waals surface area contributed by atoms with E-state index in [1.807, 2.05) is 0 Å². The fourth-order valence-corrected chi connectivity index (χ4v) is 2.30. The number of halogens is 1. The predicted octanol–water partition coefficient (Wildman–Crippen LogP) is 2.53. The zero-order valence-corrected chi connectivity index (χ0v) is 12.1. The second-order valence-corrected chi connectivity index (χ2v) is 4.70. The fraction of sp³-hybridized carbons (Fsp3) is 0.125. The van der Waals surface area contributed by atoms with Gasteiger partial charge in [-0.1, -0.05) is 0 Å². The molecule has 6 heteroatoms.